The Labute approximate surface area is 93.5 Å². The summed E-state index contributed by atoms with van der Waals surface area (Å²) in [4.78, 5) is 11.6. The Hall–Kier alpha value is -1.91. The number of carbonyl (C=O) groups is 1. The number of esters is 1. The Morgan fingerprint density at radius 3 is 2.31 bits per heavy atom. The molecule has 0 aliphatic rings. The van der Waals surface area contributed by atoms with E-state index in [1.54, 1.807) is 20.8 Å². The summed E-state index contributed by atoms with van der Waals surface area (Å²) in [6.07, 6.45) is 0. The molecule has 5 heteroatoms. The number of phenolic OH excluding ortho intramolecular Hbond substituents is 2. The number of aromatic hydroxyl groups is 2. The van der Waals surface area contributed by atoms with Crippen molar-refractivity contribution < 1.29 is 19.7 Å². The third-order valence-corrected chi connectivity index (χ3v) is 1.75. The molecule has 1 aromatic carbocycles. The summed E-state index contributed by atoms with van der Waals surface area (Å²) in [5.41, 5.74) is 4.81. The zero-order chi connectivity index (χ0) is 12.5. The van der Waals surface area contributed by atoms with Gasteiger partial charge in [0.2, 0.25) is 0 Å². The Morgan fingerprint density at radius 2 is 1.88 bits per heavy atom. The van der Waals surface area contributed by atoms with Crippen LogP contribution in [-0.4, -0.2) is 21.8 Å². The molecule has 0 atom stereocenters. The lowest BCUT2D eigenvalue weighted by atomic mass is 10.1. The third-order valence-electron chi connectivity index (χ3n) is 1.75. The van der Waals surface area contributed by atoms with Crippen molar-refractivity contribution in [1.29, 1.82) is 0 Å². The van der Waals surface area contributed by atoms with Gasteiger partial charge >= 0.3 is 5.97 Å². The minimum atomic E-state index is -0.626. The number of hydrogen-bond donors (Lipinski definition) is 3. The summed E-state index contributed by atoms with van der Waals surface area (Å²) in [6.45, 7) is 5.19. The van der Waals surface area contributed by atoms with Crippen LogP contribution in [0.25, 0.3) is 0 Å². The van der Waals surface area contributed by atoms with Crippen LogP contribution in [0.2, 0.25) is 0 Å². The fraction of sp³-hybridized carbons (Fsp3) is 0.364. The van der Waals surface area contributed by atoms with Crippen molar-refractivity contribution in [3.05, 3.63) is 17.7 Å². The molecule has 0 bridgehead atoms. The van der Waals surface area contributed by atoms with Gasteiger partial charge in [0.1, 0.15) is 5.60 Å². The summed E-state index contributed by atoms with van der Waals surface area (Å²) < 4.78 is 5.09. The lowest BCUT2D eigenvalue weighted by Crippen LogP contribution is -2.23. The molecule has 0 saturated carbocycles. The molecule has 4 N–H and O–H groups in total. The SMILES string of the molecule is CC(C)(C)OC(=O)c1cc(N)c(O)c(O)c1. The van der Waals surface area contributed by atoms with Gasteiger partial charge in [-0.15, -0.1) is 0 Å². The molecular formula is C11H15NO4. The number of ether oxygens (including phenoxy) is 1. The first-order chi connectivity index (χ1) is 7.20. The van der Waals surface area contributed by atoms with Crippen molar-refractivity contribution in [2.75, 3.05) is 5.73 Å². The molecule has 1 aromatic rings. The molecule has 1 rings (SSSR count). The molecule has 88 valence electrons. The number of anilines is 1. The number of phenols is 2. The Morgan fingerprint density at radius 1 is 1.31 bits per heavy atom. The molecule has 0 aliphatic heterocycles. The third kappa shape index (κ3) is 2.79. The van der Waals surface area contributed by atoms with E-state index in [0.717, 1.165) is 6.07 Å². The minimum Gasteiger partial charge on any atom is -0.504 e. The molecule has 0 fully saturated rings. The largest absolute Gasteiger partial charge is 0.504 e. The van der Waals surface area contributed by atoms with E-state index in [0.29, 0.717) is 0 Å². The molecule has 0 amide bonds. The van der Waals surface area contributed by atoms with Crippen molar-refractivity contribution in [2.24, 2.45) is 0 Å². The van der Waals surface area contributed by atoms with Crippen LogP contribution in [0.1, 0.15) is 31.1 Å². The first-order valence-electron chi connectivity index (χ1n) is 4.75. The highest BCUT2D eigenvalue weighted by Crippen LogP contribution is 2.32. The fourth-order valence-corrected chi connectivity index (χ4v) is 1.10. The molecule has 0 heterocycles. The molecule has 0 aliphatic carbocycles. The van der Waals surface area contributed by atoms with E-state index in [9.17, 15) is 15.0 Å². The zero-order valence-corrected chi connectivity index (χ0v) is 9.44. The smallest absolute Gasteiger partial charge is 0.338 e. The molecular weight excluding hydrogens is 210 g/mol. The maximum absolute atomic E-state index is 11.6. The van der Waals surface area contributed by atoms with E-state index in [1.165, 1.54) is 6.07 Å². The highest BCUT2D eigenvalue weighted by molar-refractivity contribution is 5.92. The van der Waals surface area contributed by atoms with Crippen molar-refractivity contribution >= 4 is 11.7 Å². The molecule has 5 nitrogen and oxygen atoms in total. The standard InChI is InChI=1S/C11H15NO4/c1-11(2,3)16-10(15)6-4-7(12)9(14)8(13)5-6/h4-5,13-14H,12H2,1-3H3. The van der Waals surface area contributed by atoms with Crippen LogP contribution >= 0.6 is 0 Å². The van der Waals surface area contributed by atoms with Crippen LogP contribution in [0.3, 0.4) is 0 Å². The predicted molar refractivity (Wildman–Crippen MR) is 59.4 cm³/mol. The van der Waals surface area contributed by atoms with Crippen LogP contribution in [-0.2, 0) is 4.74 Å². The number of rotatable bonds is 1. The van der Waals surface area contributed by atoms with Gasteiger partial charge in [-0.2, -0.15) is 0 Å². The van der Waals surface area contributed by atoms with E-state index < -0.39 is 23.1 Å². The molecule has 16 heavy (non-hydrogen) atoms. The Balaban J connectivity index is 3.02. The fourth-order valence-electron chi connectivity index (χ4n) is 1.10. The van der Waals surface area contributed by atoms with Gasteiger partial charge in [-0.25, -0.2) is 4.79 Å². The average Bonchev–Trinajstić information content (AvgIpc) is 2.10. The van der Waals surface area contributed by atoms with Crippen molar-refractivity contribution in [2.45, 2.75) is 26.4 Å². The maximum Gasteiger partial charge on any atom is 0.338 e. The zero-order valence-electron chi connectivity index (χ0n) is 9.44. The number of nitrogens with two attached hydrogens (primary N) is 1. The van der Waals surface area contributed by atoms with Gasteiger partial charge in [0.05, 0.1) is 11.3 Å². The molecule has 0 aromatic heterocycles. The topological polar surface area (TPSA) is 92.8 Å². The summed E-state index contributed by atoms with van der Waals surface area (Å²) in [5, 5.41) is 18.5. The van der Waals surface area contributed by atoms with Crippen LogP contribution < -0.4 is 5.73 Å². The van der Waals surface area contributed by atoms with Gasteiger partial charge in [-0.1, -0.05) is 0 Å². The first-order valence-corrected chi connectivity index (χ1v) is 4.75. The molecule has 0 spiro atoms. The Kier molecular flexibility index (Phi) is 2.98. The van der Waals surface area contributed by atoms with Gasteiger partial charge in [-0.05, 0) is 32.9 Å². The van der Waals surface area contributed by atoms with E-state index in [4.69, 9.17) is 10.5 Å². The second-order valence-corrected chi connectivity index (χ2v) is 4.44. The summed E-state index contributed by atoms with van der Waals surface area (Å²) >= 11 is 0. The van der Waals surface area contributed by atoms with E-state index in [2.05, 4.69) is 0 Å². The molecule has 0 unspecified atom stereocenters. The number of benzene rings is 1. The summed E-state index contributed by atoms with van der Waals surface area (Å²) in [6, 6.07) is 2.36. The van der Waals surface area contributed by atoms with Gasteiger partial charge in [0.25, 0.3) is 0 Å². The molecule has 0 saturated heterocycles. The van der Waals surface area contributed by atoms with Crippen molar-refractivity contribution in [1.82, 2.24) is 0 Å². The van der Waals surface area contributed by atoms with Gasteiger partial charge < -0.3 is 20.7 Å². The monoisotopic (exact) mass is 225 g/mol. The van der Waals surface area contributed by atoms with Crippen LogP contribution in [0.5, 0.6) is 11.5 Å². The molecule has 0 radical (unpaired) electrons. The van der Waals surface area contributed by atoms with Crippen molar-refractivity contribution in [3.63, 3.8) is 0 Å². The van der Waals surface area contributed by atoms with Crippen LogP contribution in [0.15, 0.2) is 12.1 Å². The normalized spacial score (nSPS) is 11.2. The summed E-state index contributed by atoms with van der Waals surface area (Å²) in [7, 11) is 0. The van der Waals surface area contributed by atoms with E-state index in [-0.39, 0.29) is 11.3 Å². The maximum atomic E-state index is 11.6. The number of nitrogen functional groups attached to an aromatic ring is 1. The number of hydrogen-bond acceptors (Lipinski definition) is 5. The number of carbonyl (C=O) groups excluding carboxylic acids is 1. The minimum absolute atomic E-state index is 0.0686. The lowest BCUT2D eigenvalue weighted by Gasteiger charge is -2.19. The first kappa shape index (κ1) is 12.2. The van der Waals surface area contributed by atoms with Crippen molar-refractivity contribution in [3.8, 4) is 11.5 Å². The lowest BCUT2D eigenvalue weighted by molar-refractivity contribution is 0.00692. The van der Waals surface area contributed by atoms with Gasteiger partial charge in [0.15, 0.2) is 11.5 Å². The summed E-state index contributed by atoms with van der Waals surface area (Å²) in [5.74, 6) is -1.48. The quantitative estimate of drug-likeness (QED) is 0.384. The highest BCUT2D eigenvalue weighted by atomic mass is 16.6. The Bertz CT molecular complexity index is 397. The van der Waals surface area contributed by atoms with Crippen LogP contribution in [0.4, 0.5) is 5.69 Å². The second-order valence-electron chi connectivity index (χ2n) is 4.44. The van der Waals surface area contributed by atoms with Gasteiger partial charge in [0, 0.05) is 0 Å². The predicted octanol–water partition coefficient (Wildman–Crippen LogP) is 1.64. The second kappa shape index (κ2) is 3.92. The average molecular weight is 225 g/mol. The highest BCUT2D eigenvalue weighted by Gasteiger charge is 2.19. The van der Waals surface area contributed by atoms with Crippen LogP contribution in [0, 0.1) is 0 Å². The van der Waals surface area contributed by atoms with Gasteiger partial charge in [-0.3, -0.25) is 0 Å². The van der Waals surface area contributed by atoms with E-state index in [1.807, 2.05) is 0 Å². The van der Waals surface area contributed by atoms with E-state index >= 15 is 0 Å².